The van der Waals surface area contributed by atoms with Crippen molar-refractivity contribution >= 4 is 11.7 Å². The van der Waals surface area contributed by atoms with Crippen molar-refractivity contribution in [1.82, 2.24) is 20.2 Å². The predicted molar refractivity (Wildman–Crippen MR) is 111 cm³/mol. The first-order valence-corrected chi connectivity index (χ1v) is 9.97. The Morgan fingerprint density at radius 3 is 2.14 bits per heavy atom. The van der Waals surface area contributed by atoms with Gasteiger partial charge in [-0.2, -0.15) is 0 Å². The van der Waals surface area contributed by atoms with Gasteiger partial charge in [0.15, 0.2) is 0 Å². The summed E-state index contributed by atoms with van der Waals surface area (Å²) >= 11 is 0. The lowest BCUT2D eigenvalue weighted by atomic mass is 10.1. The minimum Gasteiger partial charge on any atom is -0.375 e. The van der Waals surface area contributed by atoms with Gasteiger partial charge in [0, 0.05) is 52.0 Å². The first-order chi connectivity index (χ1) is 14.2. The molecule has 7 nitrogen and oxygen atoms in total. The van der Waals surface area contributed by atoms with Crippen molar-refractivity contribution in [1.29, 1.82) is 0 Å². The molecule has 1 N–H and O–H groups in total. The van der Waals surface area contributed by atoms with Crippen LogP contribution in [-0.4, -0.2) is 53.4 Å². The minimum absolute atomic E-state index is 0.0519. The Kier molecular flexibility index (Phi) is 10.6. The van der Waals surface area contributed by atoms with E-state index in [2.05, 4.69) is 20.2 Å². The van der Waals surface area contributed by atoms with E-state index >= 15 is 0 Å². The molecule has 0 fully saturated rings. The Bertz CT molecular complexity index is 684. The average Bonchev–Trinajstić information content (AvgIpc) is 2.73. The molecule has 2 aromatic rings. The zero-order chi connectivity index (χ0) is 20.7. The lowest BCUT2D eigenvalue weighted by Crippen LogP contribution is -2.28. The van der Waals surface area contributed by atoms with Gasteiger partial charge in [-0.1, -0.05) is 12.1 Å². The summed E-state index contributed by atoms with van der Waals surface area (Å²) in [6.07, 6.45) is 6.04. The smallest absolute Gasteiger partial charge is 0.245 e. The Morgan fingerprint density at radius 2 is 1.59 bits per heavy atom. The summed E-state index contributed by atoms with van der Waals surface area (Å²) in [4.78, 5) is 34.5. The van der Waals surface area contributed by atoms with Crippen LogP contribution in [0.1, 0.15) is 37.1 Å². The number of ether oxygens (including phenoxy) is 1. The van der Waals surface area contributed by atoms with Crippen LogP contribution in [0, 0.1) is 0 Å². The van der Waals surface area contributed by atoms with Crippen molar-refractivity contribution in [3.8, 4) is 0 Å². The van der Waals surface area contributed by atoms with Gasteiger partial charge in [-0.15, -0.1) is 0 Å². The van der Waals surface area contributed by atoms with Crippen molar-refractivity contribution in [3.05, 3.63) is 60.2 Å². The number of ketones is 1. The molecule has 0 saturated carbocycles. The lowest BCUT2D eigenvalue weighted by Gasteiger charge is -2.21. The first-order valence-electron chi connectivity index (χ1n) is 9.97. The summed E-state index contributed by atoms with van der Waals surface area (Å²) in [5.41, 5.74) is 2.00. The van der Waals surface area contributed by atoms with Gasteiger partial charge in [-0.3, -0.25) is 24.5 Å². The summed E-state index contributed by atoms with van der Waals surface area (Å²) in [6, 6.07) is 11.8. The van der Waals surface area contributed by atoms with E-state index in [4.69, 9.17) is 4.74 Å². The standard InChI is InChI=1S/C22H30N4O3/c1-29-18-22(28)25-14-6-10-21(27)11-7-15-26(16-19-8-2-4-12-23-19)17-20-9-3-5-13-24-20/h2-5,8-9,12-13H,6-7,10-11,14-18H2,1H3,(H,25,28). The summed E-state index contributed by atoms with van der Waals surface area (Å²) in [6.45, 7) is 2.79. The number of nitrogens with zero attached hydrogens (tertiary/aromatic N) is 3. The molecule has 0 atom stereocenters. The van der Waals surface area contributed by atoms with Crippen molar-refractivity contribution in [2.24, 2.45) is 0 Å². The van der Waals surface area contributed by atoms with Gasteiger partial charge >= 0.3 is 0 Å². The molecule has 2 rings (SSSR count). The molecule has 0 saturated heterocycles. The molecule has 0 aliphatic rings. The molecular formula is C22H30N4O3. The van der Waals surface area contributed by atoms with E-state index in [-0.39, 0.29) is 18.3 Å². The third kappa shape index (κ3) is 9.91. The molecule has 0 radical (unpaired) electrons. The third-order valence-corrected chi connectivity index (χ3v) is 4.38. The Balaban J connectivity index is 1.73. The molecule has 0 spiro atoms. The molecule has 1 amide bonds. The van der Waals surface area contributed by atoms with Crippen LogP contribution < -0.4 is 5.32 Å². The number of aromatic nitrogens is 2. The number of nitrogens with one attached hydrogen (secondary N) is 1. The quantitative estimate of drug-likeness (QED) is 0.492. The normalized spacial score (nSPS) is 10.8. The van der Waals surface area contributed by atoms with Crippen LogP contribution in [0.25, 0.3) is 0 Å². The number of hydrogen-bond donors (Lipinski definition) is 1. The molecule has 0 bridgehead atoms. The predicted octanol–water partition coefficient (Wildman–Crippen LogP) is 2.37. The van der Waals surface area contributed by atoms with E-state index in [1.807, 2.05) is 36.4 Å². The molecule has 0 aromatic carbocycles. The number of methoxy groups -OCH3 is 1. The fraction of sp³-hybridized carbons (Fsp3) is 0.455. The van der Waals surface area contributed by atoms with Gasteiger partial charge in [0.2, 0.25) is 5.91 Å². The van der Waals surface area contributed by atoms with Crippen LogP contribution in [0.3, 0.4) is 0 Å². The number of carbonyl (C=O) groups excluding carboxylic acids is 2. The van der Waals surface area contributed by atoms with Gasteiger partial charge < -0.3 is 10.1 Å². The summed E-state index contributed by atoms with van der Waals surface area (Å²) in [5.74, 6) is 0.0706. The number of Topliss-reactive ketones (excluding diaryl/α,β-unsaturated/α-hetero) is 1. The highest BCUT2D eigenvalue weighted by Gasteiger charge is 2.10. The number of rotatable bonds is 14. The van der Waals surface area contributed by atoms with Gasteiger partial charge in [0.1, 0.15) is 12.4 Å². The average molecular weight is 399 g/mol. The molecule has 2 aromatic heterocycles. The number of carbonyl (C=O) groups is 2. The van der Waals surface area contributed by atoms with E-state index in [9.17, 15) is 9.59 Å². The lowest BCUT2D eigenvalue weighted by molar-refractivity contribution is -0.125. The monoisotopic (exact) mass is 398 g/mol. The minimum atomic E-state index is -0.153. The van der Waals surface area contributed by atoms with Crippen LogP contribution in [0.15, 0.2) is 48.8 Å². The highest BCUT2D eigenvalue weighted by Crippen LogP contribution is 2.09. The van der Waals surface area contributed by atoms with Gasteiger partial charge in [-0.25, -0.2) is 0 Å². The molecule has 29 heavy (non-hydrogen) atoms. The summed E-state index contributed by atoms with van der Waals surface area (Å²) in [5, 5.41) is 2.73. The SMILES string of the molecule is COCC(=O)NCCCC(=O)CCCN(Cc1ccccn1)Cc1ccccn1. The van der Waals surface area contributed by atoms with Gasteiger partial charge in [0.05, 0.1) is 11.4 Å². The number of amides is 1. The maximum Gasteiger partial charge on any atom is 0.245 e. The van der Waals surface area contributed by atoms with Crippen molar-refractivity contribution in [2.75, 3.05) is 26.8 Å². The van der Waals surface area contributed by atoms with Gasteiger partial charge in [0.25, 0.3) is 0 Å². The highest BCUT2D eigenvalue weighted by atomic mass is 16.5. The zero-order valence-electron chi connectivity index (χ0n) is 17.0. The van der Waals surface area contributed by atoms with Crippen molar-refractivity contribution in [3.63, 3.8) is 0 Å². The van der Waals surface area contributed by atoms with E-state index in [1.165, 1.54) is 7.11 Å². The zero-order valence-corrected chi connectivity index (χ0v) is 17.0. The topological polar surface area (TPSA) is 84.4 Å². The second-order valence-corrected chi connectivity index (χ2v) is 6.88. The highest BCUT2D eigenvalue weighted by molar-refractivity contribution is 5.79. The second kappa shape index (κ2) is 13.5. The molecule has 0 aliphatic heterocycles. The maximum absolute atomic E-state index is 12.1. The molecule has 7 heteroatoms. The van der Waals surface area contributed by atoms with Gasteiger partial charge in [-0.05, 0) is 43.7 Å². The van der Waals surface area contributed by atoms with Crippen LogP contribution in [-0.2, 0) is 27.4 Å². The molecule has 2 heterocycles. The molecule has 0 unspecified atom stereocenters. The fourth-order valence-corrected chi connectivity index (χ4v) is 2.98. The molecule has 156 valence electrons. The van der Waals surface area contributed by atoms with E-state index in [0.29, 0.717) is 25.8 Å². The van der Waals surface area contributed by atoms with Crippen LogP contribution in [0.4, 0.5) is 0 Å². The second-order valence-electron chi connectivity index (χ2n) is 6.88. The number of hydrogen-bond acceptors (Lipinski definition) is 6. The van der Waals surface area contributed by atoms with Crippen molar-refractivity contribution in [2.45, 2.75) is 38.8 Å². The van der Waals surface area contributed by atoms with Crippen molar-refractivity contribution < 1.29 is 14.3 Å². The van der Waals surface area contributed by atoms with E-state index in [1.54, 1.807) is 12.4 Å². The van der Waals surface area contributed by atoms with E-state index in [0.717, 1.165) is 37.4 Å². The Morgan fingerprint density at radius 1 is 0.966 bits per heavy atom. The van der Waals surface area contributed by atoms with E-state index < -0.39 is 0 Å². The Labute approximate surface area is 172 Å². The molecular weight excluding hydrogens is 368 g/mol. The third-order valence-electron chi connectivity index (χ3n) is 4.38. The van der Waals surface area contributed by atoms with Crippen LogP contribution in [0.5, 0.6) is 0 Å². The molecule has 0 aliphatic carbocycles. The fourth-order valence-electron chi connectivity index (χ4n) is 2.98. The summed E-state index contributed by atoms with van der Waals surface area (Å²) < 4.78 is 4.75. The van der Waals surface area contributed by atoms with Crippen LogP contribution >= 0.6 is 0 Å². The van der Waals surface area contributed by atoms with Crippen LogP contribution in [0.2, 0.25) is 0 Å². The summed E-state index contributed by atoms with van der Waals surface area (Å²) in [7, 11) is 1.48. The Hall–Kier alpha value is -2.64. The number of pyridine rings is 2. The maximum atomic E-state index is 12.1. The largest absolute Gasteiger partial charge is 0.375 e. The first kappa shape index (κ1) is 22.6.